The van der Waals surface area contributed by atoms with Gasteiger partial charge in [0.25, 0.3) is 11.4 Å². The third-order valence-electron chi connectivity index (χ3n) is 2.32. The van der Waals surface area contributed by atoms with Gasteiger partial charge in [0.1, 0.15) is 0 Å². The SMILES string of the molecule is O=C(O)c1cccc(Cl)c1.O=[N+]([O-])c1cccc([N+](=O)[O-])c1. The van der Waals surface area contributed by atoms with E-state index in [0.29, 0.717) is 5.02 Å². The molecule has 9 heteroatoms. The van der Waals surface area contributed by atoms with Crippen LogP contribution in [-0.4, -0.2) is 20.9 Å². The van der Waals surface area contributed by atoms with E-state index in [2.05, 4.69) is 0 Å². The van der Waals surface area contributed by atoms with E-state index in [9.17, 15) is 25.0 Å². The zero-order valence-corrected chi connectivity index (χ0v) is 11.6. The number of hydrogen-bond acceptors (Lipinski definition) is 5. The van der Waals surface area contributed by atoms with Crippen molar-refractivity contribution >= 4 is 28.9 Å². The van der Waals surface area contributed by atoms with Crippen LogP contribution in [0.5, 0.6) is 0 Å². The second kappa shape index (κ2) is 7.70. The number of hydrogen-bond donors (Lipinski definition) is 1. The highest BCUT2D eigenvalue weighted by Gasteiger charge is 2.11. The molecule has 2 rings (SSSR count). The van der Waals surface area contributed by atoms with E-state index in [1.165, 1.54) is 30.3 Å². The van der Waals surface area contributed by atoms with Gasteiger partial charge >= 0.3 is 5.97 Å². The van der Waals surface area contributed by atoms with Gasteiger partial charge in [-0.2, -0.15) is 0 Å². The van der Waals surface area contributed by atoms with E-state index in [1.807, 2.05) is 0 Å². The molecule has 0 aliphatic carbocycles. The standard InChI is InChI=1S/C7H5ClO2.C6H4N2O4/c8-6-3-1-2-5(4-6)7(9)10;9-7(10)5-2-1-3-6(4-5)8(11)12/h1-4H,(H,9,10);1-4H. The van der Waals surface area contributed by atoms with Gasteiger partial charge in [0.2, 0.25) is 0 Å². The normalized spacial score (nSPS) is 9.32. The monoisotopic (exact) mass is 324 g/mol. The fraction of sp³-hybridized carbons (Fsp3) is 0. The van der Waals surface area contributed by atoms with Gasteiger partial charge in [0, 0.05) is 17.2 Å². The lowest BCUT2D eigenvalue weighted by Crippen LogP contribution is -1.94. The van der Waals surface area contributed by atoms with Crippen molar-refractivity contribution in [3.63, 3.8) is 0 Å². The summed E-state index contributed by atoms with van der Waals surface area (Å²) in [5.74, 6) is -0.956. The predicted octanol–water partition coefficient (Wildman–Crippen LogP) is 3.54. The zero-order valence-electron chi connectivity index (χ0n) is 10.9. The molecule has 2 aromatic carbocycles. The van der Waals surface area contributed by atoms with E-state index in [0.717, 1.165) is 6.07 Å². The molecule has 0 heterocycles. The first-order valence-corrected chi connectivity index (χ1v) is 6.06. The number of aromatic carboxylic acids is 1. The van der Waals surface area contributed by atoms with E-state index in [4.69, 9.17) is 16.7 Å². The summed E-state index contributed by atoms with van der Waals surface area (Å²) < 4.78 is 0. The summed E-state index contributed by atoms with van der Waals surface area (Å²) in [6.07, 6.45) is 0. The third-order valence-corrected chi connectivity index (χ3v) is 2.56. The Hall–Kier alpha value is -3.00. The summed E-state index contributed by atoms with van der Waals surface area (Å²) in [6.45, 7) is 0. The fourth-order valence-electron chi connectivity index (χ4n) is 1.34. The molecule has 0 amide bonds. The minimum Gasteiger partial charge on any atom is -0.478 e. The lowest BCUT2D eigenvalue weighted by molar-refractivity contribution is -0.394. The highest BCUT2D eigenvalue weighted by Crippen LogP contribution is 2.18. The average Bonchev–Trinajstić information content (AvgIpc) is 2.48. The molecule has 22 heavy (non-hydrogen) atoms. The van der Waals surface area contributed by atoms with Crippen LogP contribution in [0.25, 0.3) is 0 Å². The molecule has 0 aliphatic rings. The summed E-state index contributed by atoms with van der Waals surface area (Å²) >= 11 is 5.53. The van der Waals surface area contributed by atoms with Crippen LogP contribution in [0, 0.1) is 20.2 Å². The summed E-state index contributed by atoms with van der Waals surface area (Å²) in [4.78, 5) is 29.3. The predicted molar refractivity (Wildman–Crippen MR) is 78.2 cm³/mol. The third kappa shape index (κ3) is 5.17. The number of non-ortho nitro benzene ring substituents is 2. The fourth-order valence-corrected chi connectivity index (χ4v) is 1.53. The maximum absolute atomic E-state index is 10.3. The summed E-state index contributed by atoms with van der Waals surface area (Å²) in [5, 5.41) is 29.2. The Morgan fingerprint density at radius 3 is 1.82 bits per heavy atom. The Kier molecular flexibility index (Phi) is 5.96. The molecule has 114 valence electrons. The molecule has 0 atom stereocenters. The number of carbonyl (C=O) groups is 1. The Labute approximate surface area is 128 Å². The number of benzene rings is 2. The molecule has 0 aliphatic heterocycles. The molecule has 0 unspecified atom stereocenters. The van der Waals surface area contributed by atoms with Gasteiger partial charge in [-0.1, -0.05) is 17.7 Å². The smallest absolute Gasteiger partial charge is 0.335 e. The van der Waals surface area contributed by atoms with Gasteiger partial charge < -0.3 is 5.11 Å². The second-order valence-electron chi connectivity index (χ2n) is 3.85. The van der Waals surface area contributed by atoms with Gasteiger partial charge in [-0.25, -0.2) is 4.79 Å². The van der Waals surface area contributed by atoms with Crippen molar-refractivity contribution in [2.45, 2.75) is 0 Å². The van der Waals surface area contributed by atoms with E-state index in [1.54, 1.807) is 12.1 Å². The Bertz CT molecular complexity index is 690. The maximum atomic E-state index is 10.3. The molecule has 1 N–H and O–H groups in total. The molecular formula is C13H9ClN2O6. The van der Waals surface area contributed by atoms with Crippen LogP contribution in [0.1, 0.15) is 10.4 Å². The van der Waals surface area contributed by atoms with Crippen LogP contribution in [-0.2, 0) is 0 Å². The molecule has 0 saturated carbocycles. The lowest BCUT2D eigenvalue weighted by Gasteiger charge is -1.92. The zero-order chi connectivity index (χ0) is 16.7. The number of nitro benzene ring substituents is 2. The van der Waals surface area contributed by atoms with Crippen LogP contribution in [0.2, 0.25) is 5.02 Å². The Morgan fingerprint density at radius 1 is 0.955 bits per heavy atom. The molecule has 0 radical (unpaired) electrons. The molecule has 8 nitrogen and oxygen atoms in total. The van der Waals surface area contributed by atoms with Gasteiger partial charge in [0.05, 0.1) is 21.5 Å². The minimum atomic E-state index is -0.956. The van der Waals surface area contributed by atoms with Gasteiger partial charge in [0.15, 0.2) is 0 Å². The Morgan fingerprint density at radius 2 is 1.45 bits per heavy atom. The first-order valence-electron chi connectivity index (χ1n) is 5.69. The number of carboxylic acids is 1. The Balaban J connectivity index is 0.000000224. The van der Waals surface area contributed by atoms with Gasteiger partial charge in [-0.05, 0) is 24.3 Å². The maximum Gasteiger partial charge on any atom is 0.335 e. The quantitative estimate of drug-likeness (QED) is 0.680. The van der Waals surface area contributed by atoms with Crippen molar-refractivity contribution in [3.8, 4) is 0 Å². The van der Waals surface area contributed by atoms with E-state index >= 15 is 0 Å². The summed E-state index contributed by atoms with van der Waals surface area (Å²) in [6, 6.07) is 10.7. The number of rotatable bonds is 3. The number of carboxylic acid groups (broad SMARTS) is 1. The molecule has 0 bridgehead atoms. The van der Waals surface area contributed by atoms with Crippen LogP contribution >= 0.6 is 11.6 Å². The molecule has 0 saturated heterocycles. The average molecular weight is 325 g/mol. The number of nitro groups is 2. The summed E-state index contributed by atoms with van der Waals surface area (Å²) in [7, 11) is 0. The largest absolute Gasteiger partial charge is 0.478 e. The van der Waals surface area contributed by atoms with Crippen molar-refractivity contribution in [1.29, 1.82) is 0 Å². The van der Waals surface area contributed by atoms with Crippen LogP contribution < -0.4 is 0 Å². The van der Waals surface area contributed by atoms with Gasteiger partial charge in [-0.15, -0.1) is 0 Å². The van der Waals surface area contributed by atoms with Gasteiger partial charge in [-0.3, -0.25) is 20.2 Å². The van der Waals surface area contributed by atoms with Crippen LogP contribution in [0.3, 0.4) is 0 Å². The first-order chi connectivity index (χ1) is 10.3. The van der Waals surface area contributed by atoms with Crippen molar-refractivity contribution in [1.82, 2.24) is 0 Å². The lowest BCUT2D eigenvalue weighted by atomic mass is 10.2. The highest BCUT2D eigenvalue weighted by molar-refractivity contribution is 6.30. The van der Waals surface area contributed by atoms with Crippen molar-refractivity contribution in [2.75, 3.05) is 0 Å². The molecule has 0 aromatic heterocycles. The molecule has 2 aromatic rings. The van der Waals surface area contributed by atoms with E-state index < -0.39 is 15.8 Å². The number of nitrogens with zero attached hydrogens (tertiary/aromatic N) is 2. The number of halogens is 1. The minimum absolute atomic E-state index is 0.215. The molecular weight excluding hydrogens is 316 g/mol. The van der Waals surface area contributed by atoms with Crippen LogP contribution in [0.15, 0.2) is 48.5 Å². The van der Waals surface area contributed by atoms with Crippen molar-refractivity contribution in [3.05, 3.63) is 79.3 Å². The van der Waals surface area contributed by atoms with E-state index in [-0.39, 0.29) is 16.9 Å². The topological polar surface area (TPSA) is 124 Å². The highest BCUT2D eigenvalue weighted by atomic mass is 35.5. The van der Waals surface area contributed by atoms with Crippen molar-refractivity contribution < 1.29 is 19.7 Å². The van der Waals surface area contributed by atoms with Crippen LogP contribution in [0.4, 0.5) is 11.4 Å². The summed E-state index contributed by atoms with van der Waals surface area (Å²) in [5.41, 5.74) is -0.332. The second-order valence-corrected chi connectivity index (χ2v) is 4.29. The van der Waals surface area contributed by atoms with Crippen molar-refractivity contribution in [2.24, 2.45) is 0 Å². The molecule has 0 spiro atoms. The first kappa shape index (κ1) is 17.1. The molecule has 0 fully saturated rings.